The monoisotopic (exact) mass is 262 g/mol. The Labute approximate surface area is 112 Å². The molecule has 0 bridgehead atoms. The summed E-state index contributed by atoms with van der Waals surface area (Å²) >= 11 is 1.73. The van der Waals surface area contributed by atoms with Gasteiger partial charge in [0, 0.05) is 11.3 Å². The Morgan fingerprint density at radius 2 is 2.28 bits per heavy atom. The molecule has 1 amide bonds. The Balaban J connectivity index is 1.73. The number of thiophene rings is 1. The highest BCUT2D eigenvalue weighted by molar-refractivity contribution is 7.09. The molecule has 0 aliphatic heterocycles. The van der Waals surface area contributed by atoms with Crippen LogP contribution in [0.4, 0.5) is 0 Å². The number of amides is 1. The van der Waals surface area contributed by atoms with Gasteiger partial charge in [-0.05, 0) is 50.0 Å². The predicted octanol–water partition coefficient (Wildman–Crippen LogP) is 3.02. The Morgan fingerprint density at radius 3 is 2.89 bits per heavy atom. The van der Waals surface area contributed by atoms with Crippen LogP contribution in [0.25, 0.3) is 0 Å². The van der Waals surface area contributed by atoms with Crippen molar-refractivity contribution in [1.29, 1.82) is 5.26 Å². The van der Waals surface area contributed by atoms with E-state index in [4.69, 9.17) is 0 Å². The summed E-state index contributed by atoms with van der Waals surface area (Å²) in [5.41, 5.74) is -0.569. The molecule has 96 valence electrons. The second-order valence-electron chi connectivity index (χ2n) is 4.88. The number of carbonyl (C=O) groups is 1. The summed E-state index contributed by atoms with van der Waals surface area (Å²) in [6.07, 6.45) is 6.02. The summed E-state index contributed by atoms with van der Waals surface area (Å²) in [7, 11) is 0. The third-order valence-corrected chi connectivity index (χ3v) is 4.39. The molecule has 4 heteroatoms. The zero-order chi connectivity index (χ0) is 12.8. The Hall–Kier alpha value is -1.34. The SMILES string of the molecule is N#CC1(NC(=O)CCCc2cccs2)CCCC1. The van der Waals surface area contributed by atoms with Gasteiger partial charge in [0.1, 0.15) is 5.54 Å². The topological polar surface area (TPSA) is 52.9 Å². The van der Waals surface area contributed by atoms with Crippen molar-refractivity contribution in [2.24, 2.45) is 0 Å². The summed E-state index contributed by atoms with van der Waals surface area (Å²) < 4.78 is 0. The molecule has 0 saturated heterocycles. The summed E-state index contributed by atoms with van der Waals surface area (Å²) in [5.74, 6) is 0.0232. The van der Waals surface area contributed by atoms with Crippen molar-refractivity contribution >= 4 is 17.2 Å². The van der Waals surface area contributed by atoms with E-state index < -0.39 is 5.54 Å². The van der Waals surface area contributed by atoms with Gasteiger partial charge >= 0.3 is 0 Å². The Kier molecular flexibility index (Phi) is 4.38. The van der Waals surface area contributed by atoms with Crippen molar-refractivity contribution in [1.82, 2.24) is 5.32 Å². The van der Waals surface area contributed by atoms with Gasteiger partial charge in [0.2, 0.25) is 5.91 Å². The summed E-state index contributed by atoms with van der Waals surface area (Å²) in [4.78, 5) is 13.2. The van der Waals surface area contributed by atoms with Gasteiger partial charge in [0.25, 0.3) is 0 Å². The van der Waals surface area contributed by atoms with Gasteiger partial charge in [-0.1, -0.05) is 6.07 Å². The molecule has 2 rings (SSSR count). The molecule has 1 aliphatic rings. The number of hydrogen-bond acceptors (Lipinski definition) is 3. The fourth-order valence-electron chi connectivity index (χ4n) is 2.45. The molecule has 18 heavy (non-hydrogen) atoms. The third-order valence-electron chi connectivity index (χ3n) is 3.46. The van der Waals surface area contributed by atoms with Crippen molar-refractivity contribution in [3.05, 3.63) is 22.4 Å². The Bertz CT molecular complexity index is 427. The minimum atomic E-state index is -0.569. The zero-order valence-corrected chi connectivity index (χ0v) is 11.3. The fourth-order valence-corrected chi connectivity index (χ4v) is 3.20. The highest BCUT2D eigenvalue weighted by Crippen LogP contribution is 2.29. The second kappa shape index (κ2) is 6.01. The van der Waals surface area contributed by atoms with Crippen LogP contribution < -0.4 is 5.32 Å². The molecule has 0 radical (unpaired) electrons. The van der Waals surface area contributed by atoms with E-state index in [9.17, 15) is 10.1 Å². The number of nitrogens with one attached hydrogen (secondary N) is 1. The third kappa shape index (κ3) is 3.33. The molecule has 0 atom stereocenters. The predicted molar refractivity (Wildman–Crippen MR) is 72.2 cm³/mol. The van der Waals surface area contributed by atoms with Crippen LogP contribution in [0.3, 0.4) is 0 Å². The lowest BCUT2D eigenvalue weighted by Gasteiger charge is -2.21. The van der Waals surface area contributed by atoms with Gasteiger partial charge in [-0.25, -0.2) is 0 Å². The van der Waals surface area contributed by atoms with Crippen LogP contribution >= 0.6 is 11.3 Å². The lowest BCUT2D eigenvalue weighted by molar-refractivity contribution is -0.122. The van der Waals surface area contributed by atoms with Crippen molar-refractivity contribution in [3.8, 4) is 6.07 Å². The maximum absolute atomic E-state index is 11.8. The smallest absolute Gasteiger partial charge is 0.221 e. The maximum atomic E-state index is 11.8. The molecule has 1 N–H and O–H groups in total. The lowest BCUT2D eigenvalue weighted by atomic mass is 9.99. The molecule has 1 fully saturated rings. The van der Waals surface area contributed by atoms with E-state index in [1.807, 2.05) is 6.07 Å². The van der Waals surface area contributed by atoms with E-state index in [0.717, 1.165) is 38.5 Å². The molecular formula is C14H18N2OS. The van der Waals surface area contributed by atoms with E-state index in [0.29, 0.717) is 6.42 Å². The van der Waals surface area contributed by atoms with Crippen LogP contribution in [-0.2, 0) is 11.2 Å². The largest absolute Gasteiger partial charge is 0.338 e. The lowest BCUT2D eigenvalue weighted by Crippen LogP contribution is -2.45. The van der Waals surface area contributed by atoms with Crippen LogP contribution in [0.2, 0.25) is 0 Å². The standard InChI is InChI=1S/C14H18N2OS/c15-11-14(8-1-2-9-14)16-13(17)7-3-5-12-6-4-10-18-12/h4,6,10H,1-3,5,7-9H2,(H,16,17). The molecule has 3 nitrogen and oxygen atoms in total. The van der Waals surface area contributed by atoms with Crippen LogP contribution in [-0.4, -0.2) is 11.4 Å². The van der Waals surface area contributed by atoms with E-state index in [1.165, 1.54) is 4.88 Å². The van der Waals surface area contributed by atoms with E-state index in [2.05, 4.69) is 22.8 Å². The van der Waals surface area contributed by atoms with Crippen molar-refractivity contribution in [2.45, 2.75) is 50.5 Å². The first-order valence-electron chi connectivity index (χ1n) is 6.49. The molecule has 0 aromatic carbocycles. The van der Waals surface area contributed by atoms with Crippen LogP contribution in [0.5, 0.6) is 0 Å². The van der Waals surface area contributed by atoms with Crippen molar-refractivity contribution in [3.63, 3.8) is 0 Å². The van der Waals surface area contributed by atoms with Crippen LogP contribution in [0.15, 0.2) is 17.5 Å². The normalized spacial score (nSPS) is 17.3. The summed E-state index contributed by atoms with van der Waals surface area (Å²) in [5, 5.41) is 14.2. The molecule has 0 spiro atoms. The van der Waals surface area contributed by atoms with Gasteiger partial charge in [-0.3, -0.25) is 4.79 Å². The number of hydrogen-bond donors (Lipinski definition) is 1. The fraction of sp³-hybridized carbons (Fsp3) is 0.571. The average Bonchev–Trinajstić information content (AvgIpc) is 3.01. The first kappa shape index (κ1) is 13.1. The van der Waals surface area contributed by atoms with Gasteiger partial charge in [-0.2, -0.15) is 5.26 Å². The molecule has 1 aromatic rings. The van der Waals surface area contributed by atoms with Gasteiger partial charge < -0.3 is 5.32 Å². The molecule has 0 unspecified atom stereocenters. The molecule has 1 aromatic heterocycles. The summed E-state index contributed by atoms with van der Waals surface area (Å²) in [6.45, 7) is 0. The van der Waals surface area contributed by atoms with E-state index in [1.54, 1.807) is 11.3 Å². The first-order valence-corrected chi connectivity index (χ1v) is 7.37. The van der Waals surface area contributed by atoms with Crippen LogP contribution in [0, 0.1) is 11.3 Å². The average molecular weight is 262 g/mol. The van der Waals surface area contributed by atoms with Gasteiger partial charge in [0.05, 0.1) is 6.07 Å². The first-order chi connectivity index (χ1) is 8.74. The highest BCUT2D eigenvalue weighted by atomic mass is 32.1. The number of carbonyl (C=O) groups excluding carboxylic acids is 1. The number of nitrogens with zero attached hydrogens (tertiary/aromatic N) is 1. The molecule has 1 heterocycles. The minimum absolute atomic E-state index is 0.0232. The number of aryl methyl sites for hydroxylation is 1. The van der Waals surface area contributed by atoms with Crippen molar-refractivity contribution < 1.29 is 4.79 Å². The van der Waals surface area contributed by atoms with Gasteiger partial charge in [0.15, 0.2) is 0 Å². The molecular weight excluding hydrogens is 244 g/mol. The van der Waals surface area contributed by atoms with E-state index >= 15 is 0 Å². The molecule has 1 aliphatic carbocycles. The molecule has 1 saturated carbocycles. The van der Waals surface area contributed by atoms with Gasteiger partial charge in [-0.15, -0.1) is 11.3 Å². The summed E-state index contributed by atoms with van der Waals surface area (Å²) in [6, 6.07) is 6.41. The second-order valence-corrected chi connectivity index (χ2v) is 5.91. The van der Waals surface area contributed by atoms with Crippen LogP contribution in [0.1, 0.15) is 43.4 Å². The highest BCUT2D eigenvalue weighted by Gasteiger charge is 2.34. The maximum Gasteiger partial charge on any atom is 0.221 e. The Morgan fingerprint density at radius 1 is 1.50 bits per heavy atom. The number of nitriles is 1. The quantitative estimate of drug-likeness (QED) is 0.886. The van der Waals surface area contributed by atoms with Crippen molar-refractivity contribution in [2.75, 3.05) is 0 Å². The number of rotatable bonds is 5. The van der Waals surface area contributed by atoms with E-state index in [-0.39, 0.29) is 5.91 Å². The minimum Gasteiger partial charge on any atom is -0.338 e. The zero-order valence-electron chi connectivity index (χ0n) is 10.4.